The molecule has 1 aliphatic rings. The number of hydrogen-bond acceptors (Lipinski definition) is 3. The highest BCUT2D eigenvalue weighted by atomic mass is 35.5. The van der Waals surface area contributed by atoms with Crippen molar-refractivity contribution in [2.45, 2.75) is 13.0 Å². The number of halogens is 1. The van der Waals surface area contributed by atoms with Gasteiger partial charge in [-0.25, -0.2) is 9.69 Å². The lowest BCUT2D eigenvalue weighted by molar-refractivity contribution is -0.143. The van der Waals surface area contributed by atoms with Gasteiger partial charge in [0.1, 0.15) is 0 Å². The molecule has 0 aliphatic carbocycles. The molecule has 6 heteroatoms. The molecule has 0 radical (unpaired) electrons. The highest BCUT2D eigenvalue weighted by Crippen LogP contribution is 2.26. The number of urea groups is 1. The molecule has 1 heterocycles. The molecule has 1 aliphatic heterocycles. The summed E-state index contributed by atoms with van der Waals surface area (Å²) in [7, 11) is 0. The standard InChI is InChI=1S/C14H13ClN2O3/c1-9(15)8-16-12(18)13(19)17(14(16)20)10(2)11-6-4-3-5-7-11/h3-7,10H,1,8H2,2H3. The van der Waals surface area contributed by atoms with Gasteiger partial charge in [0, 0.05) is 5.03 Å². The van der Waals surface area contributed by atoms with Crippen molar-refractivity contribution in [2.75, 3.05) is 6.54 Å². The average molecular weight is 293 g/mol. The zero-order valence-corrected chi connectivity index (χ0v) is 11.6. The lowest BCUT2D eigenvalue weighted by atomic mass is 10.1. The number of amides is 4. The third-order valence-corrected chi connectivity index (χ3v) is 3.20. The number of benzene rings is 1. The molecule has 1 atom stereocenters. The minimum absolute atomic E-state index is 0.119. The van der Waals surface area contributed by atoms with Crippen molar-refractivity contribution in [3.05, 3.63) is 47.5 Å². The smallest absolute Gasteiger partial charge is 0.263 e. The van der Waals surface area contributed by atoms with Crippen LogP contribution >= 0.6 is 11.6 Å². The van der Waals surface area contributed by atoms with E-state index in [0.717, 1.165) is 15.4 Å². The molecule has 1 unspecified atom stereocenters. The van der Waals surface area contributed by atoms with Crippen molar-refractivity contribution >= 4 is 29.4 Å². The second-order valence-electron chi connectivity index (χ2n) is 4.45. The Morgan fingerprint density at radius 2 is 1.80 bits per heavy atom. The maximum Gasteiger partial charge on any atom is 0.335 e. The minimum Gasteiger partial charge on any atom is -0.263 e. The van der Waals surface area contributed by atoms with E-state index in [9.17, 15) is 14.4 Å². The summed E-state index contributed by atoms with van der Waals surface area (Å²) in [4.78, 5) is 37.7. The monoisotopic (exact) mass is 292 g/mol. The highest BCUT2D eigenvalue weighted by Gasteiger charge is 2.46. The van der Waals surface area contributed by atoms with Crippen LogP contribution in [-0.4, -0.2) is 34.2 Å². The van der Waals surface area contributed by atoms with Crippen molar-refractivity contribution in [2.24, 2.45) is 0 Å². The van der Waals surface area contributed by atoms with E-state index in [1.165, 1.54) is 0 Å². The number of nitrogens with zero attached hydrogens (tertiary/aromatic N) is 2. The largest absolute Gasteiger partial charge is 0.335 e. The first-order valence-electron chi connectivity index (χ1n) is 6.00. The Hall–Kier alpha value is -2.14. The first-order valence-corrected chi connectivity index (χ1v) is 6.38. The summed E-state index contributed by atoms with van der Waals surface area (Å²) in [6, 6.07) is 7.83. The molecule has 2 rings (SSSR count). The van der Waals surface area contributed by atoms with Crippen LogP contribution < -0.4 is 0 Å². The molecule has 1 aromatic carbocycles. The van der Waals surface area contributed by atoms with Gasteiger partial charge in [-0.15, -0.1) is 0 Å². The van der Waals surface area contributed by atoms with E-state index in [1.54, 1.807) is 31.2 Å². The van der Waals surface area contributed by atoms with Gasteiger partial charge in [0.05, 0.1) is 12.6 Å². The van der Waals surface area contributed by atoms with E-state index in [1.807, 2.05) is 6.07 Å². The Balaban J connectivity index is 2.29. The number of hydrogen-bond donors (Lipinski definition) is 0. The number of rotatable bonds is 4. The Kier molecular flexibility index (Phi) is 3.90. The van der Waals surface area contributed by atoms with Crippen LogP contribution in [0.3, 0.4) is 0 Å². The van der Waals surface area contributed by atoms with Crippen LogP contribution in [0.5, 0.6) is 0 Å². The highest BCUT2D eigenvalue weighted by molar-refractivity contribution is 6.45. The molecular formula is C14H13ClN2O3. The minimum atomic E-state index is -0.875. The van der Waals surface area contributed by atoms with Crippen LogP contribution in [0.1, 0.15) is 18.5 Å². The first kappa shape index (κ1) is 14.3. The Labute approximate surface area is 121 Å². The predicted octanol–water partition coefficient (Wildman–Crippen LogP) is 2.29. The van der Waals surface area contributed by atoms with Crippen LogP contribution in [-0.2, 0) is 9.59 Å². The van der Waals surface area contributed by atoms with Gasteiger partial charge in [-0.1, -0.05) is 48.5 Å². The van der Waals surface area contributed by atoms with Gasteiger partial charge in [-0.3, -0.25) is 14.5 Å². The first-order chi connectivity index (χ1) is 9.43. The molecule has 0 spiro atoms. The zero-order valence-electron chi connectivity index (χ0n) is 10.9. The summed E-state index contributed by atoms with van der Waals surface area (Å²) in [6.07, 6.45) is 0. The predicted molar refractivity (Wildman–Crippen MR) is 73.8 cm³/mol. The Morgan fingerprint density at radius 1 is 1.20 bits per heavy atom. The van der Waals surface area contributed by atoms with E-state index in [2.05, 4.69) is 6.58 Å². The van der Waals surface area contributed by atoms with E-state index >= 15 is 0 Å². The molecule has 1 aromatic rings. The molecule has 4 amide bonds. The van der Waals surface area contributed by atoms with Gasteiger partial charge in [0.25, 0.3) is 0 Å². The lowest BCUT2D eigenvalue weighted by Gasteiger charge is -2.22. The van der Waals surface area contributed by atoms with Crippen LogP contribution in [0.4, 0.5) is 4.79 Å². The summed E-state index contributed by atoms with van der Waals surface area (Å²) in [6.45, 7) is 4.96. The summed E-state index contributed by atoms with van der Waals surface area (Å²) >= 11 is 5.61. The van der Waals surface area contributed by atoms with Crippen molar-refractivity contribution in [3.8, 4) is 0 Å². The SMILES string of the molecule is C=C(Cl)CN1C(=O)C(=O)N(C(C)c2ccccc2)C1=O. The third-order valence-electron chi connectivity index (χ3n) is 3.08. The normalized spacial score (nSPS) is 16.8. The van der Waals surface area contributed by atoms with E-state index in [-0.39, 0.29) is 11.6 Å². The lowest BCUT2D eigenvalue weighted by Crippen LogP contribution is -2.35. The summed E-state index contributed by atoms with van der Waals surface area (Å²) in [5, 5.41) is 0.119. The Bertz CT molecular complexity index is 585. The van der Waals surface area contributed by atoms with Crippen molar-refractivity contribution in [1.82, 2.24) is 9.80 Å². The van der Waals surface area contributed by atoms with Crippen molar-refractivity contribution in [3.63, 3.8) is 0 Å². The fourth-order valence-electron chi connectivity index (χ4n) is 2.06. The van der Waals surface area contributed by atoms with E-state index < -0.39 is 23.9 Å². The van der Waals surface area contributed by atoms with Crippen LogP contribution in [0.15, 0.2) is 41.9 Å². The summed E-state index contributed by atoms with van der Waals surface area (Å²) < 4.78 is 0. The van der Waals surface area contributed by atoms with Crippen LogP contribution in [0, 0.1) is 0 Å². The fraction of sp³-hybridized carbons (Fsp3) is 0.214. The van der Waals surface area contributed by atoms with Gasteiger partial charge in [-0.2, -0.15) is 0 Å². The quantitative estimate of drug-likeness (QED) is 0.632. The van der Waals surface area contributed by atoms with E-state index in [4.69, 9.17) is 11.6 Å². The Morgan fingerprint density at radius 3 is 2.35 bits per heavy atom. The molecule has 5 nitrogen and oxygen atoms in total. The average Bonchev–Trinajstić information content (AvgIpc) is 2.63. The second kappa shape index (κ2) is 5.46. The summed E-state index contributed by atoms with van der Waals surface area (Å²) in [5.41, 5.74) is 0.772. The van der Waals surface area contributed by atoms with Crippen LogP contribution in [0.2, 0.25) is 0 Å². The van der Waals surface area contributed by atoms with Crippen molar-refractivity contribution in [1.29, 1.82) is 0 Å². The van der Waals surface area contributed by atoms with Gasteiger partial charge >= 0.3 is 17.8 Å². The maximum absolute atomic E-state index is 12.2. The number of carbonyl (C=O) groups excluding carboxylic acids is 3. The molecule has 1 fully saturated rings. The molecule has 0 N–H and O–H groups in total. The van der Waals surface area contributed by atoms with E-state index in [0.29, 0.717) is 0 Å². The van der Waals surface area contributed by atoms with Gasteiger partial charge in [0.2, 0.25) is 0 Å². The molecule has 0 bridgehead atoms. The zero-order chi connectivity index (χ0) is 14.9. The number of carbonyl (C=O) groups is 3. The summed E-state index contributed by atoms with van der Waals surface area (Å²) in [5.74, 6) is -1.72. The fourth-order valence-corrected chi connectivity index (χ4v) is 2.17. The molecular weight excluding hydrogens is 280 g/mol. The molecule has 0 saturated carbocycles. The van der Waals surface area contributed by atoms with Crippen LogP contribution in [0.25, 0.3) is 0 Å². The molecule has 0 aromatic heterocycles. The molecule has 104 valence electrons. The molecule has 20 heavy (non-hydrogen) atoms. The third kappa shape index (κ3) is 2.44. The molecule has 1 saturated heterocycles. The number of imide groups is 2. The van der Waals surface area contributed by atoms with Crippen molar-refractivity contribution < 1.29 is 14.4 Å². The maximum atomic E-state index is 12.2. The van der Waals surface area contributed by atoms with Gasteiger partial charge < -0.3 is 0 Å². The van der Waals surface area contributed by atoms with Gasteiger partial charge in [0.15, 0.2) is 0 Å². The topological polar surface area (TPSA) is 57.7 Å². The second-order valence-corrected chi connectivity index (χ2v) is 4.99. The van der Waals surface area contributed by atoms with Gasteiger partial charge in [-0.05, 0) is 12.5 Å².